The summed E-state index contributed by atoms with van der Waals surface area (Å²) in [6.45, 7) is 11.5. The van der Waals surface area contributed by atoms with Gasteiger partial charge in [-0.2, -0.15) is 0 Å². The predicted molar refractivity (Wildman–Crippen MR) is 148 cm³/mol. The molecule has 2 fully saturated rings. The normalized spacial score (nSPS) is 23.9. The van der Waals surface area contributed by atoms with Crippen molar-refractivity contribution in [1.29, 1.82) is 0 Å². The van der Waals surface area contributed by atoms with Gasteiger partial charge in [-0.3, -0.25) is 9.11 Å². The molecule has 32 heavy (non-hydrogen) atoms. The number of halogens is 1. The third-order valence-corrected chi connectivity index (χ3v) is 8.50. The Balaban J connectivity index is 0.00000363. The summed E-state index contributed by atoms with van der Waals surface area (Å²) in [4.78, 5) is 7.52. The zero-order chi connectivity index (χ0) is 22.1. The first-order valence-electron chi connectivity index (χ1n) is 12.3. The fourth-order valence-electron chi connectivity index (χ4n) is 4.76. The van der Waals surface area contributed by atoms with Crippen LogP contribution in [0.5, 0.6) is 0 Å². The first-order valence-corrected chi connectivity index (χ1v) is 13.7. The summed E-state index contributed by atoms with van der Waals surface area (Å²) in [6.07, 6.45) is 6.96. The number of guanidine groups is 1. The van der Waals surface area contributed by atoms with Crippen molar-refractivity contribution in [2.24, 2.45) is 10.9 Å². The molecule has 3 rings (SSSR count). The van der Waals surface area contributed by atoms with Gasteiger partial charge in [-0.1, -0.05) is 44.5 Å². The lowest BCUT2D eigenvalue weighted by Crippen LogP contribution is -2.46. The highest BCUT2D eigenvalue weighted by atomic mass is 127. The maximum Gasteiger partial charge on any atom is 0.191 e. The van der Waals surface area contributed by atoms with Crippen LogP contribution in [0.4, 0.5) is 0 Å². The Morgan fingerprint density at radius 2 is 1.84 bits per heavy atom. The Morgan fingerprint density at radius 1 is 1.12 bits per heavy atom. The van der Waals surface area contributed by atoms with E-state index in [2.05, 4.69) is 53.6 Å². The highest BCUT2D eigenvalue weighted by Crippen LogP contribution is 2.23. The Morgan fingerprint density at radius 3 is 2.53 bits per heavy atom. The van der Waals surface area contributed by atoms with Gasteiger partial charge in [0.15, 0.2) is 5.96 Å². The number of rotatable bonds is 8. The van der Waals surface area contributed by atoms with Crippen molar-refractivity contribution >= 4 is 40.7 Å². The van der Waals surface area contributed by atoms with E-state index in [1.807, 2.05) is 6.92 Å². The van der Waals surface area contributed by atoms with Crippen molar-refractivity contribution in [2.75, 3.05) is 25.4 Å². The Kier molecular flexibility index (Phi) is 12.5. The van der Waals surface area contributed by atoms with Crippen molar-refractivity contribution < 1.29 is 4.21 Å². The molecule has 1 aromatic rings. The Labute approximate surface area is 215 Å². The molecule has 0 radical (unpaired) electrons. The summed E-state index contributed by atoms with van der Waals surface area (Å²) >= 11 is 0. The van der Waals surface area contributed by atoms with Crippen LogP contribution in [0.15, 0.2) is 29.3 Å². The Bertz CT molecular complexity index is 736. The molecule has 5 nitrogen and oxygen atoms in total. The number of hydrogen-bond acceptors (Lipinski definition) is 3. The van der Waals surface area contributed by atoms with Gasteiger partial charge in [0, 0.05) is 40.9 Å². The molecule has 1 aliphatic carbocycles. The molecule has 0 spiro atoms. The second kappa shape index (κ2) is 14.6. The molecule has 182 valence electrons. The molecule has 1 saturated heterocycles. The smallest absolute Gasteiger partial charge is 0.191 e. The van der Waals surface area contributed by atoms with Gasteiger partial charge in [-0.05, 0) is 69.2 Å². The molecule has 7 heteroatoms. The van der Waals surface area contributed by atoms with Crippen LogP contribution < -0.4 is 10.6 Å². The van der Waals surface area contributed by atoms with Gasteiger partial charge in [-0.15, -0.1) is 24.0 Å². The van der Waals surface area contributed by atoms with E-state index in [1.54, 1.807) is 0 Å². The summed E-state index contributed by atoms with van der Waals surface area (Å²) in [6, 6.07) is 9.11. The number of nitrogens with one attached hydrogen (secondary N) is 2. The molecule has 1 aromatic carbocycles. The molecule has 3 unspecified atom stereocenters. The SMILES string of the molecule is CCNC(=NCc1ccccc1CN1CCC(C)CC1)NC1CCCC(S(=O)CC)C1.I. The van der Waals surface area contributed by atoms with Gasteiger partial charge in [0.05, 0.1) is 6.54 Å². The predicted octanol–water partition coefficient (Wildman–Crippen LogP) is 4.67. The zero-order valence-electron chi connectivity index (χ0n) is 20.1. The molecule has 0 aromatic heterocycles. The van der Waals surface area contributed by atoms with Gasteiger partial charge in [0.25, 0.3) is 0 Å². The van der Waals surface area contributed by atoms with E-state index in [9.17, 15) is 4.21 Å². The van der Waals surface area contributed by atoms with Crippen LogP contribution in [-0.4, -0.2) is 51.7 Å². The second-order valence-corrected chi connectivity index (χ2v) is 11.2. The number of piperidine rings is 1. The number of benzene rings is 1. The van der Waals surface area contributed by atoms with Gasteiger partial charge in [0.2, 0.25) is 0 Å². The molecule has 0 bridgehead atoms. The summed E-state index contributed by atoms with van der Waals surface area (Å²) in [5, 5.41) is 7.38. The average Bonchev–Trinajstić information content (AvgIpc) is 2.79. The first-order chi connectivity index (χ1) is 15.1. The minimum atomic E-state index is -0.700. The number of nitrogens with zero attached hydrogens (tertiary/aromatic N) is 2. The van der Waals surface area contributed by atoms with Crippen molar-refractivity contribution in [3.63, 3.8) is 0 Å². The third kappa shape index (κ3) is 8.60. The topological polar surface area (TPSA) is 56.7 Å². The van der Waals surface area contributed by atoms with Gasteiger partial charge < -0.3 is 10.6 Å². The standard InChI is InChI=1S/C25H42N4OS.HI/c1-4-26-25(28-23-11-8-12-24(17-23)31(30)5-2)27-18-21-9-6-7-10-22(21)19-29-15-13-20(3)14-16-29;/h6-7,9-10,20,23-24H,4-5,8,11-19H2,1-3H3,(H2,26,27,28);1H. The minimum Gasteiger partial charge on any atom is -0.357 e. The number of likely N-dealkylation sites (tertiary alicyclic amines) is 1. The van der Waals surface area contributed by atoms with E-state index in [0.29, 0.717) is 17.8 Å². The third-order valence-electron chi connectivity index (χ3n) is 6.76. The highest BCUT2D eigenvalue weighted by molar-refractivity contribution is 14.0. The lowest BCUT2D eigenvalue weighted by atomic mass is 9.95. The van der Waals surface area contributed by atoms with Crippen molar-refractivity contribution in [2.45, 2.75) is 83.7 Å². The highest BCUT2D eigenvalue weighted by Gasteiger charge is 2.26. The van der Waals surface area contributed by atoms with E-state index in [-0.39, 0.29) is 24.0 Å². The van der Waals surface area contributed by atoms with Crippen LogP contribution in [0, 0.1) is 5.92 Å². The van der Waals surface area contributed by atoms with E-state index in [1.165, 1.54) is 37.1 Å². The molecular weight excluding hydrogens is 531 g/mol. The maximum absolute atomic E-state index is 12.3. The van der Waals surface area contributed by atoms with Crippen molar-refractivity contribution in [1.82, 2.24) is 15.5 Å². The van der Waals surface area contributed by atoms with Crippen molar-refractivity contribution in [3.8, 4) is 0 Å². The summed E-state index contributed by atoms with van der Waals surface area (Å²) in [5.74, 6) is 2.51. The molecule has 1 aliphatic heterocycles. The van der Waals surface area contributed by atoms with Gasteiger partial charge >= 0.3 is 0 Å². The largest absolute Gasteiger partial charge is 0.357 e. The molecule has 3 atom stereocenters. The molecule has 2 aliphatic rings. The van der Waals surface area contributed by atoms with Crippen molar-refractivity contribution in [3.05, 3.63) is 35.4 Å². The van der Waals surface area contributed by atoms with Crippen LogP contribution in [0.3, 0.4) is 0 Å². The summed E-state index contributed by atoms with van der Waals surface area (Å²) in [5.41, 5.74) is 2.71. The van der Waals surface area contributed by atoms with Crippen LogP contribution in [0.1, 0.15) is 70.4 Å². The van der Waals surface area contributed by atoms with Crippen LogP contribution in [0.2, 0.25) is 0 Å². The molecule has 0 amide bonds. The van der Waals surface area contributed by atoms with E-state index in [0.717, 1.165) is 56.4 Å². The number of hydrogen-bond donors (Lipinski definition) is 2. The van der Waals surface area contributed by atoms with Gasteiger partial charge in [-0.25, -0.2) is 4.99 Å². The second-order valence-electron chi connectivity index (χ2n) is 9.22. The van der Waals surface area contributed by atoms with Gasteiger partial charge in [0.1, 0.15) is 0 Å². The molecule has 1 heterocycles. The van der Waals surface area contributed by atoms with E-state index < -0.39 is 10.8 Å². The lowest BCUT2D eigenvalue weighted by molar-refractivity contribution is 0.185. The fourth-order valence-corrected chi connectivity index (χ4v) is 6.10. The Hall–Kier alpha value is -0.670. The lowest BCUT2D eigenvalue weighted by Gasteiger charge is -2.31. The van der Waals surface area contributed by atoms with E-state index in [4.69, 9.17) is 4.99 Å². The average molecular weight is 575 g/mol. The minimum absolute atomic E-state index is 0. The monoisotopic (exact) mass is 574 g/mol. The first kappa shape index (κ1) is 27.6. The van der Waals surface area contributed by atoms with Crippen LogP contribution in [0.25, 0.3) is 0 Å². The quantitative estimate of drug-likeness (QED) is 0.269. The maximum atomic E-state index is 12.3. The summed E-state index contributed by atoms with van der Waals surface area (Å²) in [7, 11) is -0.700. The molecular formula is C25H43IN4OS. The molecule has 1 saturated carbocycles. The van der Waals surface area contributed by atoms with E-state index >= 15 is 0 Å². The van der Waals surface area contributed by atoms with Crippen LogP contribution in [-0.2, 0) is 23.9 Å². The van der Waals surface area contributed by atoms with Crippen LogP contribution >= 0.6 is 24.0 Å². The number of aliphatic imine (C=N–C) groups is 1. The molecule has 2 N–H and O–H groups in total. The fraction of sp³-hybridized carbons (Fsp3) is 0.720. The zero-order valence-corrected chi connectivity index (χ0v) is 23.3. The summed E-state index contributed by atoms with van der Waals surface area (Å²) < 4.78 is 12.3.